The van der Waals surface area contributed by atoms with Gasteiger partial charge in [-0.3, -0.25) is 27.1 Å². The van der Waals surface area contributed by atoms with E-state index in [1.807, 2.05) is 0 Å². The first-order valence-electron chi connectivity index (χ1n) is 8.71. The number of ether oxygens (including phenoxy) is 1. The molecule has 3 aliphatic heterocycles. The van der Waals surface area contributed by atoms with Crippen molar-refractivity contribution < 1.29 is 34.4 Å². The van der Waals surface area contributed by atoms with Gasteiger partial charge < -0.3 is 20.1 Å². The van der Waals surface area contributed by atoms with Crippen molar-refractivity contribution in [2.75, 3.05) is 18.5 Å². The Morgan fingerprint density at radius 2 is 2.07 bits per heavy atom. The van der Waals surface area contributed by atoms with Crippen molar-refractivity contribution in [1.29, 1.82) is 0 Å². The number of nitrogens with one attached hydrogen (secondary N) is 4. The van der Waals surface area contributed by atoms with E-state index in [2.05, 4.69) is 20.9 Å². The molecule has 1 fully saturated rings. The molecule has 1 spiro atoms. The normalized spacial score (nSPS) is 32.5. The monoisotopic (exact) mass is 393 g/mol. The maximum atomic E-state index is 12.3. The third kappa shape index (κ3) is 2.46. The molecule has 11 N–H and O–H groups in total. The van der Waals surface area contributed by atoms with Gasteiger partial charge in [-0.1, -0.05) is 18.2 Å². The smallest absolute Gasteiger partial charge is 0.412 e. The van der Waals surface area contributed by atoms with Gasteiger partial charge in [-0.2, -0.15) is 0 Å². The second kappa shape index (κ2) is 6.22. The van der Waals surface area contributed by atoms with Crippen LogP contribution in [0.15, 0.2) is 30.3 Å². The van der Waals surface area contributed by atoms with Crippen LogP contribution in [0.3, 0.4) is 0 Å². The van der Waals surface area contributed by atoms with Gasteiger partial charge in [-0.05, 0) is 12.1 Å². The van der Waals surface area contributed by atoms with Crippen molar-refractivity contribution in [2.45, 2.75) is 29.6 Å². The van der Waals surface area contributed by atoms with Crippen molar-refractivity contribution >= 4 is 23.7 Å². The fraction of sp³-hybridized carbons (Fsp3) is 0.438. The third-order valence-corrected chi connectivity index (χ3v) is 5.36. The third-order valence-electron chi connectivity index (χ3n) is 5.36. The molecule has 1 aromatic rings. The number of amides is 1. The molecule has 0 unspecified atom stereocenters. The molecular formula is C16H23N7O5+2. The summed E-state index contributed by atoms with van der Waals surface area (Å²) in [6.07, 6.45) is -2.22. The highest BCUT2D eigenvalue weighted by molar-refractivity contribution is 5.84. The fourth-order valence-electron chi connectivity index (χ4n) is 4.13. The summed E-state index contributed by atoms with van der Waals surface area (Å²) in [5.41, 5.74) is 10.7. The molecule has 4 rings (SSSR count). The van der Waals surface area contributed by atoms with Crippen molar-refractivity contribution in [3.8, 4) is 0 Å². The van der Waals surface area contributed by atoms with Gasteiger partial charge in [-0.25, -0.2) is 14.7 Å². The van der Waals surface area contributed by atoms with Gasteiger partial charge >= 0.3 is 23.7 Å². The van der Waals surface area contributed by atoms with Crippen LogP contribution in [0, 0.1) is 0 Å². The first-order valence-corrected chi connectivity index (χ1v) is 8.71. The number of hydrogen-bond acceptors (Lipinski definition) is 9. The second-order valence-corrected chi connectivity index (χ2v) is 6.97. The van der Waals surface area contributed by atoms with Crippen molar-refractivity contribution in [3.05, 3.63) is 30.3 Å². The molecule has 0 aliphatic carbocycles. The molecule has 0 saturated carbocycles. The summed E-state index contributed by atoms with van der Waals surface area (Å²) in [6, 6.07) is 7.16. The Labute approximate surface area is 159 Å². The summed E-state index contributed by atoms with van der Waals surface area (Å²) in [6.45, 7) is -0.469. The lowest BCUT2D eigenvalue weighted by atomic mass is 9.86. The number of aliphatic hydroxyl groups excluding tert-OH is 1. The summed E-state index contributed by atoms with van der Waals surface area (Å²) in [4.78, 5) is 15.2. The Morgan fingerprint density at radius 3 is 2.75 bits per heavy atom. The van der Waals surface area contributed by atoms with Crippen molar-refractivity contribution in [3.63, 3.8) is 0 Å². The number of para-hydroxylation sites is 1. The lowest BCUT2D eigenvalue weighted by molar-refractivity contribution is -0.674. The first kappa shape index (κ1) is 18.3. The van der Waals surface area contributed by atoms with Crippen LogP contribution in [0.4, 0.5) is 10.5 Å². The van der Waals surface area contributed by atoms with E-state index in [9.17, 15) is 20.1 Å². The molecule has 1 aromatic carbocycles. The van der Waals surface area contributed by atoms with Gasteiger partial charge in [0.2, 0.25) is 0 Å². The minimum absolute atomic E-state index is 0.0758. The molecule has 0 aromatic heterocycles. The highest BCUT2D eigenvalue weighted by Crippen LogP contribution is 2.38. The van der Waals surface area contributed by atoms with Gasteiger partial charge in [0.15, 0.2) is 12.1 Å². The number of hydrogen-bond donors (Lipinski definition) is 9. The fourth-order valence-corrected chi connectivity index (χ4v) is 4.13. The lowest BCUT2D eigenvalue weighted by Gasteiger charge is -2.40. The van der Waals surface area contributed by atoms with Gasteiger partial charge in [0.25, 0.3) is 5.79 Å². The number of rotatable bonds is 3. The van der Waals surface area contributed by atoms with Crippen LogP contribution in [-0.4, -0.2) is 80.7 Å². The molecule has 1 saturated heterocycles. The average Bonchev–Trinajstić information content (AvgIpc) is 3.11. The molecule has 28 heavy (non-hydrogen) atoms. The van der Waals surface area contributed by atoms with E-state index in [0.717, 1.165) is 0 Å². The van der Waals surface area contributed by atoms with Crippen LogP contribution in [0.25, 0.3) is 0 Å². The highest BCUT2D eigenvalue weighted by Gasteiger charge is 2.78. The summed E-state index contributed by atoms with van der Waals surface area (Å²) in [5, 5.41) is 40.0. The van der Waals surface area contributed by atoms with Crippen LogP contribution in [0.1, 0.15) is 0 Å². The van der Waals surface area contributed by atoms with Crippen LogP contribution >= 0.6 is 0 Å². The van der Waals surface area contributed by atoms with E-state index >= 15 is 0 Å². The summed E-state index contributed by atoms with van der Waals surface area (Å²) in [7, 11) is 0. The molecule has 3 aliphatic rings. The number of carbonyl (C=O) groups is 1. The number of nitrogens with zero attached hydrogens (tertiary/aromatic N) is 1. The average molecular weight is 393 g/mol. The van der Waals surface area contributed by atoms with E-state index in [1.165, 1.54) is 4.58 Å². The second-order valence-electron chi connectivity index (χ2n) is 6.97. The minimum Gasteiger partial charge on any atom is -0.436 e. The summed E-state index contributed by atoms with van der Waals surface area (Å²) >= 11 is 0. The Balaban J connectivity index is 1.63. The molecule has 4 atom stereocenters. The van der Waals surface area contributed by atoms with Crippen molar-refractivity contribution in [2.24, 2.45) is 11.5 Å². The molecule has 0 radical (unpaired) electrons. The predicted octanol–water partition coefficient (Wildman–Crippen LogP) is -5.35. The zero-order chi connectivity index (χ0) is 20.1. The maximum Gasteiger partial charge on any atom is 0.412 e. The number of anilines is 1. The molecular weight excluding hydrogens is 370 g/mol. The van der Waals surface area contributed by atoms with Crippen LogP contribution in [-0.2, 0) is 4.74 Å². The zero-order valence-electron chi connectivity index (χ0n) is 14.8. The lowest BCUT2D eigenvalue weighted by Crippen LogP contribution is -2.91. The van der Waals surface area contributed by atoms with E-state index in [1.54, 1.807) is 30.3 Å². The zero-order valence-corrected chi connectivity index (χ0v) is 14.8. The molecule has 3 heterocycles. The van der Waals surface area contributed by atoms with Crippen LogP contribution in [0.5, 0.6) is 0 Å². The van der Waals surface area contributed by atoms with Gasteiger partial charge in [0, 0.05) is 5.69 Å². The van der Waals surface area contributed by atoms with E-state index in [4.69, 9.17) is 16.2 Å². The minimum atomic E-state index is -2.58. The number of nitrogens with two attached hydrogens (primary N) is 2. The maximum absolute atomic E-state index is 12.3. The standard InChI is InChI=1S/C16H21N7O5/c17-12-21-11-9(7-24)20-13(18)23-6-10(16(26,27)15(11,23)22-12)28-14(25)19-8-4-2-1-3-5-8/h1-5,9-11,24,26-27H,6-7H2,(H6,17,18,19,20,21,22,25)/p+2/t9-,10-,11-,15-/m0/s1. The van der Waals surface area contributed by atoms with Crippen LogP contribution < -0.4 is 32.4 Å². The number of aliphatic hydroxyl groups is 3. The SMILES string of the molecule is NC1=[NH+][C@H]2[C@H](CO)NC(N)=[N+]3C[C@H](OC(=O)Nc4ccccc4)C(O)(O)[C@]23N1. The van der Waals surface area contributed by atoms with E-state index in [-0.39, 0.29) is 25.1 Å². The first-order chi connectivity index (χ1) is 13.3. The molecule has 12 heteroatoms. The topological polar surface area (TPSA) is 192 Å². The molecule has 150 valence electrons. The Hall–Kier alpha value is -3.09. The predicted molar refractivity (Wildman–Crippen MR) is 95.6 cm³/mol. The van der Waals surface area contributed by atoms with Gasteiger partial charge in [0.05, 0.1) is 6.61 Å². The Bertz CT molecular complexity index is 858. The van der Waals surface area contributed by atoms with E-state index in [0.29, 0.717) is 5.69 Å². The summed E-state index contributed by atoms with van der Waals surface area (Å²) in [5.74, 6) is -2.42. The summed E-state index contributed by atoms with van der Waals surface area (Å²) < 4.78 is 6.74. The number of benzene rings is 1. The Morgan fingerprint density at radius 1 is 1.36 bits per heavy atom. The van der Waals surface area contributed by atoms with Gasteiger partial charge in [0.1, 0.15) is 12.6 Å². The van der Waals surface area contributed by atoms with E-state index < -0.39 is 35.7 Å². The van der Waals surface area contributed by atoms with Crippen molar-refractivity contribution in [1.82, 2.24) is 10.6 Å². The number of guanidine groups is 2. The van der Waals surface area contributed by atoms with Gasteiger partial charge in [-0.15, -0.1) is 0 Å². The van der Waals surface area contributed by atoms with Crippen LogP contribution in [0.2, 0.25) is 0 Å². The molecule has 0 bridgehead atoms. The molecule has 12 nitrogen and oxygen atoms in total. The number of carbonyl (C=O) groups excluding carboxylic acids is 1. The quantitative estimate of drug-likeness (QED) is 0.178. The molecule has 1 amide bonds. The Kier molecular flexibility index (Phi) is 4.06. The highest BCUT2D eigenvalue weighted by atomic mass is 16.6. The largest absolute Gasteiger partial charge is 0.436 e.